The first-order valence-corrected chi connectivity index (χ1v) is 4.64. The zero-order valence-electron chi connectivity index (χ0n) is 6.94. The van der Waals surface area contributed by atoms with Gasteiger partial charge in [-0.2, -0.15) is 0 Å². The van der Waals surface area contributed by atoms with Gasteiger partial charge in [-0.05, 0) is 0 Å². The molecule has 0 rings (SSSR count). The molecule has 0 aromatic carbocycles. The van der Waals surface area contributed by atoms with Crippen molar-refractivity contribution in [2.24, 2.45) is 0 Å². The molecule has 0 heterocycles. The molecule has 5 nitrogen and oxygen atoms in total. The molecule has 6 heteroatoms. The summed E-state index contributed by atoms with van der Waals surface area (Å²) < 4.78 is 14.6. The first-order chi connectivity index (χ1) is 4.71. The minimum atomic E-state index is -4.76. The number of quaternary nitrogens is 1. The van der Waals surface area contributed by atoms with Gasteiger partial charge in [0.15, 0.2) is 0 Å². The summed E-state index contributed by atoms with van der Waals surface area (Å²) in [7, 11) is 0.875. The molecule has 0 N–H and O–H groups in total. The van der Waals surface area contributed by atoms with Gasteiger partial charge in [-0.1, -0.05) is 0 Å². The van der Waals surface area contributed by atoms with Crippen molar-refractivity contribution in [3.8, 4) is 0 Å². The Bertz CT molecular complexity index is 158. The largest absolute Gasteiger partial charge is 0.790 e. The number of rotatable bonds is 4. The molecule has 0 saturated carbocycles. The third-order valence-electron chi connectivity index (χ3n) is 1.01. The topological polar surface area (TPSA) is 72.4 Å². The van der Waals surface area contributed by atoms with Gasteiger partial charge in [-0.25, -0.2) is 0 Å². The van der Waals surface area contributed by atoms with Crippen LogP contribution in [-0.2, 0) is 9.09 Å². The van der Waals surface area contributed by atoms with Crippen LogP contribution in [0.5, 0.6) is 0 Å². The van der Waals surface area contributed by atoms with Gasteiger partial charge in [-0.15, -0.1) is 0 Å². The highest BCUT2D eigenvalue weighted by molar-refractivity contribution is 7.43. The maximum atomic E-state index is 9.96. The fourth-order valence-electron chi connectivity index (χ4n) is 0.426. The van der Waals surface area contributed by atoms with Gasteiger partial charge in [0, 0.05) is 0 Å². The first-order valence-electron chi connectivity index (χ1n) is 3.18. The van der Waals surface area contributed by atoms with E-state index in [4.69, 9.17) is 0 Å². The van der Waals surface area contributed by atoms with Crippen molar-refractivity contribution < 1.29 is 23.4 Å². The van der Waals surface area contributed by atoms with E-state index in [1.807, 2.05) is 21.1 Å². The normalized spacial score (nSPS) is 13.5. The monoisotopic (exact) mass is 182 g/mol. The third-order valence-corrected chi connectivity index (χ3v) is 1.51. The summed E-state index contributed by atoms with van der Waals surface area (Å²) in [4.78, 5) is 19.9. The van der Waals surface area contributed by atoms with E-state index in [0.29, 0.717) is 11.0 Å². The lowest BCUT2D eigenvalue weighted by molar-refractivity contribution is -0.870. The minimum absolute atomic E-state index is 0.0478. The van der Waals surface area contributed by atoms with Crippen LogP contribution in [0, 0.1) is 0 Å². The Morgan fingerprint density at radius 3 is 2.09 bits per heavy atom. The smallest absolute Gasteiger partial charge is 0.102 e. The Balaban J connectivity index is 3.52. The molecule has 0 aliphatic rings. The zero-order valence-corrected chi connectivity index (χ0v) is 7.84. The molecule has 0 aliphatic carbocycles. The molecule has 0 spiro atoms. The zero-order chi connectivity index (χ0) is 9.12. The number of phosphoric ester groups is 1. The predicted molar refractivity (Wildman–Crippen MR) is 36.5 cm³/mol. The van der Waals surface area contributed by atoms with E-state index in [2.05, 4.69) is 4.52 Å². The molecule has 0 amide bonds. The Labute approximate surface area is 66.4 Å². The second kappa shape index (κ2) is 3.65. The lowest BCUT2D eigenvalue weighted by Crippen LogP contribution is -2.38. The van der Waals surface area contributed by atoms with E-state index < -0.39 is 7.82 Å². The molecule has 0 aromatic heterocycles. The van der Waals surface area contributed by atoms with E-state index in [9.17, 15) is 14.4 Å². The van der Waals surface area contributed by atoms with Crippen LogP contribution in [0.3, 0.4) is 0 Å². The lowest BCUT2D eigenvalue weighted by atomic mass is 10.5. The summed E-state index contributed by atoms with van der Waals surface area (Å²) in [6.45, 7) is 0.447. The molecule has 11 heavy (non-hydrogen) atoms. The maximum absolute atomic E-state index is 9.96. The van der Waals surface area contributed by atoms with E-state index >= 15 is 0 Å². The molecule has 0 aliphatic heterocycles. The maximum Gasteiger partial charge on any atom is 0.102 e. The van der Waals surface area contributed by atoms with Gasteiger partial charge in [-0.3, -0.25) is 0 Å². The standard InChI is InChI=1S/C5H14NO4P/c1-6(2,3)4-5-10-11(7,8)9/h4-5H2,1-3H3,(H-,7,8,9)/p-1. The first kappa shape index (κ1) is 11.1. The fourth-order valence-corrected chi connectivity index (χ4v) is 0.732. The fraction of sp³-hybridized carbons (Fsp3) is 1.00. The second-order valence-electron chi connectivity index (χ2n) is 3.29. The van der Waals surface area contributed by atoms with E-state index in [1.165, 1.54) is 0 Å². The Morgan fingerprint density at radius 1 is 1.36 bits per heavy atom. The van der Waals surface area contributed by atoms with Crippen LogP contribution in [0.4, 0.5) is 0 Å². The van der Waals surface area contributed by atoms with Crippen molar-refractivity contribution in [2.45, 2.75) is 0 Å². The van der Waals surface area contributed by atoms with Crippen LogP contribution < -0.4 is 9.79 Å². The van der Waals surface area contributed by atoms with E-state index in [1.54, 1.807) is 0 Å². The quantitative estimate of drug-likeness (QED) is 0.393. The Hall–Kier alpha value is 0.0700. The van der Waals surface area contributed by atoms with Gasteiger partial charge in [0.2, 0.25) is 0 Å². The van der Waals surface area contributed by atoms with Crippen LogP contribution in [0.2, 0.25) is 0 Å². The second-order valence-corrected chi connectivity index (χ2v) is 4.45. The van der Waals surface area contributed by atoms with Gasteiger partial charge in [0.1, 0.15) is 13.2 Å². The van der Waals surface area contributed by atoms with E-state index in [0.717, 1.165) is 0 Å². The van der Waals surface area contributed by atoms with Crippen LogP contribution in [0.25, 0.3) is 0 Å². The van der Waals surface area contributed by atoms with Crippen molar-refractivity contribution in [1.82, 2.24) is 0 Å². The van der Waals surface area contributed by atoms with Crippen molar-refractivity contribution in [1.29, 1.82) is 0 Å². The lowest BCUT2D eigenvalue weighted by Gasteiger charge is -2.31. The number of phosphoric acid groups is 1. The van der Waals surface area contributed by atoms with Crippen LogP contribution in [0.15, 0.2) is 0 Å². The Kier molecular flexibility index (Phi) is 3.67. The highest BCUT2D eigenvalue weighted by Crippen LogP contribution is 2.23. The molecule has 0 fully saturated rings. The SMILES string of the molecule is C[N+](C)(C)CCOP(=O)([O-])[O-]. The summed E-state index contributed by atoms with van der Waals surface area (Å²) in [6.07, 6.45) is 0. The average molecular weight is 182 g/mol. The summed E-state index contributed by atoms with van der Waals surface area (Å²) in [5, 5.41) is 0. The molecule has 0 bridgehead atoms. The van der Waals surface area contributed by atoms with E-state index in [-0.39, 0.29) is 6.61 Å². The number of hydrogen-bond acceptors (Lipinski definition) is 4. The molecule has 0 atom stereocenters. The number of likely N-dealkylation sites (N-methyl/N-ethyl adjacent to an activating group) is 1. The Morgan fingerprint density at radius 2 is 1.82 bits per heavy atom. The molecule has 0 unspecified atom stereocenters. The van der Waals surface area contributed by atoms with Gasteiger partial charge in [0.25, 0.3) is 0 Å². The van der Waals surface area contributed by atoms with Gasteiger partial charge < -0.3 is 23.4 Å². The molecule has 0 radical (unpaired) electrons. The van der Waals surface area contributed by atoms with Crippen LogP contribution in [-0.4, -0.2) is 38.8 Å². The van der Waals surface area contributed by atoms with Crippen molar-refractivity contribution in [3.05, 3.63) is 0 Å². The van der Waals surface area contributed by atoms with Crippen LogP contribution in [0.1, 0.15) is 0 Å². The third kappa shape index (κ3) is 10.1. The molecule has 0 aromatic rings. The van der Waals surface area contributed by atoms with Crippen molar-refractivity contribution in [2.75, 3.05) is 34.3 Å². The number of hydrogen-bond donors (Lipinski definition) is 0. The summed E-state index contributed by atoms with van der Waals surface area (Å²) >= 11 is 0. The van der Waals surface area contributed by atoms with Crippen molar-refractivity contribution >= 4 is 7.82 Å². The minimum Gasteiger partial charge on any atom is -0.790 e. The molecule has 0 saturated heterocycles. The molecule has 68 valence electrons. The average Bonchev–Trinajstić information content (AvgIpc) is 1.55. The summed E-state index contributed by atoms with van der Waals surface area (Å²) in [6, 6.07) is 0. The molecular weight excluding hydrogens is 169 g/mol. The van der Waals surface area contributed by atoms with Gasteiger partial charge >= 0.3 is 0 Å². The summed E-state index contributed by atoms with van der Waals surface area (Å²) in [5.41, 5.74) is 0. The molecular formula is C5H13NO4P-. The van der Waals surface area contributed by atoms with Crippen molar-refractivity contribution in [3.63, 3.8) is 0 Å². The van der Waals surface area contributed by atoms with Gasteiger partial charge in [0.05, 0.1) is 29.0 Å². The number of nitrogens with zero attached hydrogens (tertiary/aromatic N) is 1. The highest BCUT2D eigenvalue weighted by Gasteiger charge is 2.05. The summed E-state index contributed by atoms with van der Waals surface area (Å²) in [5.74, 6) is 0. The predicted octanol–water partition coefficient (Wildman–Crippen LogP) is -1.46. The van der Waals surface area contributed by atoms with Crippen LogP contribution >= 0.6 is 7.82 Å². The highest BCUT2D eigenvalue weighted by atomic mass is 31.2.